The number of para-hydroxylation sites is 1. The Kier molecular flexibility index (Phi) is 4.01. The number of carbonyl (C=O) groups excluding carboxylic acids is 2. The van der Waals surface area contributed by atoms with Crippen LogP contribution in [0.4, 0.5) is 0 Å². The molecule has 0 N–H and O–H groups in total. The molecule has 146 valence electrons. The van der Waals surface area contributed by atoms with Crippen molar-refractivity contribution in [1.82, 2.24) is 14.7 Å². The van der Waals surface area contributed by atoms with Gasteiger partial charge in [-0.15, -0.1) is 0 Å². The maximum atomic E-state index is 13.3. The average molecular weight is 387 g/mol. The number of esters is 1. The van der Waals surface area contributed by atoms with Crippen LogP contribution in [0.15, 0.2) is 60.8 Å². The van der Waals surface area contributed by atoms with Gasteiger partial charge in [-0.05, 0) is 38.0 Å². The molecular formula is C23H21N3O3. The van der Waals surface area contributed by atoms with Gasteiger partial charge in [0.2, 0.25) is 0 Å². The lowest BCUT2D eigenvalue weighted by atomic mass is 9.85. The van der Waals surface area contributed by atoms with E-state index in [9.17, 15) is 9.59 Å². The number of nitrogens with zero attached hydrogens (tertiary/aromatic N) is 3. The molecule has 1 spiro atoms. The van der Waals surface area contributed by atoms with Gasteiger partial charge in [-0.1, -0.05) is 36.4 Å². The highest BCUT2D eigenvalue weighted by Crippen LogP contribution is 2.43. The molecule has 2 aromatic carbocycles. The number of amides is 1. The molecule has 6 heteroatoms. The van der Waals surface area contributed by atoms with E-state index in [1.54, 1.807) is 21.8 Å². The van der Waals surface area contributed by atoms with Crippen LogP contribution < -0.4 is 0 Å². The Labute approximate surface area is 168 Å². The van der Waals surface area contributed by atoms with Crippen LogP contribution in [0.2, 0.25) is 0 Å². The van der Waals surface area contributed by atoms with E-state index in [4.69, 9.17) is 4.74 Å². The highest BCUT2D eigenvalue weighted by molar-refractivity contribution is 5.97. The van der Waals surface area contributed by atoms with E-state index >= 15 is 0 Å². The molecule has 2 aliphatic rings. The number of aromatic nitrogens is 2. The van der Waals surface area contributed by atoms with Crippen molar-refractivity contribution in [2.75, 3.05) is 13.1 Å². The summed E-state index contributed by atoms with van der Waals surface area (Å²) in [5.74, 6) is -0.382. The van der Waals surface area contributed by atoms with Crippen LogP contribution in [-0.2, 0) is 10.3 Å². The van der Waals surface area contributed by atoms with Crippen LogP contribution in [-0.4, -0.2) is 39.6 Å². The van der Waals surface area contributed by atoms with E-state index in [1.165, 1.54) is 0 Å². The Hall–Kier alpha value is -3.41. The molecule has 0 aliphatic carbocycles. The molecule has 1 atom stereocenters. The zero-order valence-electron chi connectivity index (χ0n) is 16.2. The fourth-order valence-electron chi connectivity index (χ4n) is 4.46. The monoisotopic (exact) mass is 387 g/mol. The number of ether oxygens (including phenoxy) is 1. The summed E-state index contributed by atoms with van der Waals surface area (Å²) < 4.78 is 7.60. The van der Waals surface area contributed by atoms with E-state index in [1.807, 2.05) is 55.5 Å². The molecule has 0 bridgehead atoms. The summed E-state index contributed by atoms with van der Waals surface area (Å²) in [5.41, 5.74) is 3.03. The molecule has 2 aliphatic heterocycles. The second-order valence-electron chi connectivity index (χ2n) is 7.65. The van der Waals surface area contributed by atoms with Crippen molar-refractivity contribution in [3.8, 4) is 5.69 Å². The number of piperidine rings is 1. The number of carbonyl (C=O) groups is 2. The van der Waals surface area contributed by atoms with Crippen LogP contribution in [0.3, 0.4) is 0 Å². The van der Waals surface area contributed by atoms with Crippen LogP contribution in [0.25, 0.3) is 5.69 Å². The molecule has 0 saturated carbocycles. The topological polar surface area (TPSA) is 64.4 Å². The van der Waals surface area contributed by atoms with Crippen molar-refractivity contribution >= 4 is 11.9 Å². The Bertz CT molecular complexity index is 1110. The van der Waals surface area contributed by atoms with Gasteiger partial charge in [0.25, 0.3) is 5.91 Å². The fourth-order valence-corrected chi connectivity index (χ4v) is 4.46. The molecule has 1 saturated heterocycles. The van der Waals surface area contributed by atoms with E-state index < -0.39 is 5.60 Å². The summed E-state index contributed by atoms with van der Waals surface area (Å²) in [5, 5.41) is 4.42. The lowest BCUT2D eigenvalue weighted by Crippen LogP contribution is -2.48. The Balaban J connectivity index is 1.45. The standard InChI is InChI=1S/C23H21N3O3/c1-16-19(14-24-26(16)17-8-3-2-4-9-17)21(27)25-13-7-12-23(15-25)20-11-6-5-10-18(20)22(28)29-23/h2-6,8-11,14H,7,12-13,15H2,1H3/t23-/m1/s1. The van der Waals surface area contributed by atoms with Gasteiger partial charge >= 0.3 is 5.97 Å². The predicted octanol–water partition coefficient (Wildman–Crippen LogP) is 3.48. The number of hydrogen-bond donors (Lipinski definition) is 0. The van der Waals surface area contributed by atoms with Gasteiger partial charge in [0.1, 0.15) is 0 Å². The third-order valence-corrected chi connectivity index (χ3v) is 5.91. The molecule has 1 aromatic heterocycles. The first kappa shape index (κ1) is 17.7. The van der Waals surface area contributed by atoms with Crippen LogP contribution in [0.1, 0.15) is 44.8 Å². The average Bonchev–Trinajstić information content (AvgIpc) is 3.26. The zero-order chi connectivity index (χ0) is 20.0. The molecule has 3 aromatic rings. The van der Waals surface area contributed by atoms with Gasteiger partial charge in [0, 0.05) is 12.1 Å². The van der Waals surface area contributed by atoms with E-state index in [-0.39, 0.29) is 11.9 Å². The summed E-state index contributed by atoms with van der Waals surface area (Å²) in [6, 6.07) is 17.2. The largest absolute Gasteiger partial charge is 0.449 e. The van der Waals surface area contributed by atoms with Crippen molar-refractivity contribution in [3.63, 3.8) is 0 Å². The van der Waals surface area contributed by atoms with Crippen LogP contribution >= 0.6 is 0 Å². The van der Waals surface area contributed by atoms with Gasteiger partial charge < -0.3 is 9.64 Å². The normalized spacial score (nSPS) is 20.6. The number of hydrogen-bond acceptors (Lipinski definition) is 4. The minimum atomic E-state index is -0.745. The molecule has 5 rings (SSSR count). The van der Waals surface area contributed by atoms with Crippen LogP contribution in [0.5, 0.6) is 0 Å². The Morgan fingerprint density at radius 1 is 1.10 bits per heavy atom. The van der Waals surface area contributed by atoms with Crippen LogP contribution in [0, 0.1) is 6.92 Å². The Morgan fingerprint density at radius 2 is 1.86 bits per heavy atom. The maximum Gasteiger partial charge on any atom is 0.339 e. The fraction of sp³-hybridized carbons (Fsp3) is 0.261. The van der Waals surface area contributed by atoms with Crippen molar-refractivity contribution in [1.29, 1.82) is 0 Å². The van der Waals surface area contributed by atoms with Crippen molar-refractivity contribution in [3.05, 3.63) is 83.2 Å². The number of likely N-dealkylation sites (tertiary alicyclic amines) is 1. The van der Waals surface area contributed by atoms with E-state index in [2.05, 4.69) is 5.10 Å². The van der Waals surface area contributed by atoms with E-state index in [0.717, 1.165) is 29.8 Å². The highest BCUT2D eigenvalue weighted by atomic mass is 16.6. The predicted molar refractivity (Wildman–Crippen MR) is 107 cm³/mol. The molecule has 6 nitrogen and oxygen atoms in total. The van der Waals surface area contributed by atoms with Gasteiger partial charge in [0.05, 0.1) is 35.2 Å². The van der Waals surface area contributed by atoms with E-state index in [0.29, 0.717) is 24.2 Å². The molecule has 0 radical (unpaired) electrons. The first-order valence-electron chi connectivity index (χ1n) is 9.81. The third-order valence-electron chi connectivity index (χ3n) is 5.91. The highest BCUT2D eigenvalue weighted by Gasteiger charge is 2.48. The molecule has 1 amide bonds. The summed E-state index contributed by atoms with van der Waals surface area (Å²) in [6.45, 7) is 2.90. The Morgan fingerprint density at radius 3 is 2.69 bits per heavy atom. The third kappa shape index (κ3) is 2.75. The van der Waals surface area contributed by atoms with Crippen molar-refractivity contribution in [2.24, 2.45) is 0 Å². The summed E-state index contributed by atoms with van der Waals surface area (Å²) in [4.78, 5) is 27.5. The quantitative estimate of drug-likeness (QED) is 0.632. The number of rotatable bonds is 2. The minimum Gasteiger partial charge on any atom is -0.449 e. The molecule has 3 heterocycles. The SMILES string of the molecule is Cc1c(C(=O)N2CCC[C@]3(C2)OC(=O)c2ccccc23)cnn1-c1ccccc1. The van der Waals surface area contributed by atoms with Crippen molar-refractivity contribution in [2.45, 2.75) is 25.4 Å². The first-order chi connectivity index (χ1) is 14.1. The molecular weight excluding hydrogens is 366 g/mol. The summed E-state index contributed by atoms with van der Waals surface area (Å²) >= 11 is 0. The molecule has 29 heavy (non-hydrogen) atoms. The van der Waals surface area contributed by atoms with Gasteiger partial charge in [-0.2, -0.15) is 5.10 Å². The smallest absolute Gasteiger partial charge is 0.339 e. The summed E-state index contributed by atoms with van der Waals surface area (Å²) in [6.07, 6.45) is 3.13. The van der Waals surface area contributed by atoms with Gasteiger partial charge in [0.15, 0.2) is 5.60 Å². The number of benzene rings is 2. The maximum absolute atomic E-state index is 13.3. The second kappa shape index (κ2) is 6.58. The lowest BCUT2D eigenvalue weighted by molar-refractivity contribution is -0.0442. The first-order valence-corrected chi connectivity index (χ1v) is 9.81. The summed E-state index contributed by atoms with van der Waals surface area (Å²) in [7, 11) is 0. The van der Waals surface area contributed by atoms with Gasteiger partial charge in [-0.3, -0.25) is 4.79 Å². The minimum absolute atomic E-state index is 0.0795. The molecule has 1 fully saturated rings. The van der Waals surface area contributed by atoms with Crippen molar-refractivity contribution < 1.29 is 14.3 Å². The van der Waals surface area contributed by atoms with Gasteiger partial charge in [-0.25, -0.2) is 9.48 Å². The lowest BCUT2D eigenvalue weighted by Gasteiger charge is -2.39. The number of fused-ring (bicyclic) bond motifs is 2. The second-order valence-corrected chi connectivity index (χ2v) is 7.65. The molecule has 0 unspecified atom stereocenters. The zero-order valence-corrected chi connectivity index (χ0v) is 16.2.